The van der Waals surface area contributed by atoms with Crippen LogP contribution in [0.2, 0.25) is 0 Å². The molecule has 0 aliphatic rings. The third kappa shape index (κ3) is 2.91. The van der Waals surface area contributed by atoms with Crippen molar-refractivity contribution < 1.29 is 4.52 Å². The minimum Gasteiger partial charge on any atom is -0.387 e. The third-order valence-corrected chi connectivity index (χ3v) is 1.97. The fourth-order valence-corrected chi connectivity index (χ4v) is 1.22. The van der Waals surface area contributed by atoms with Crippen LogP contribution in [0.3, 0.4) is 0 Å². The molecule has 86 valence electrons. The van der Waals surface area contributed by atoms with Crippen LogP contribution in [0.5, 0.6) is 0 Å². The van der Waals surface area contributed by atoms with E-state index < -0.39 is 0 Å². The van der Waals surface area contributed by atoms with Gasteiger partial charge in [0.2, 0.25) is 0 Å². The number of aromatic nitrogens is 3. The Bertz CT molecular complexity index is 694. The third-order valence-electron chi connectivity index (χ3n) is 1.97. The molecular weight excluding hydrogens is 222 g/mol. The molecule has 1 aromatic carbocycles. The zero-order valence-electron chi connectivity index (χ0n) is 8.71. The van der Waals surface area contributed by atoms with Crippen molar-refractivity contribution >= 4 is 10.9 Å². The molecule has 2 aromatic heterocycles. The summed E-state index contributed by atoms with van der Waals surface area (Å²) in [5.74, 6) is 0. The monoisotopic (exact) mass is 231 g/mol. The van der Waals surface area contributed by atoms with E-state index in [4.69, 9.17) is 0 Å². The maximum Gasteiger partial charge on any atom is 0.345 e. The van der Waals surface area contributed by atoms with E-state index in [2.05, 4.69) is 19.6 Å². The number of hydrogen-bond acceptors (Lipinski definition) is 4. The second-order valence-corrected chi connectivity index (χ2v) is 3.16. The van der Waals surface area contributed by atoms with E-state index in [-0.39, 0.29) is 11.2 Å². The number of aromatic amines is 2. The fourth-order valence-electron chi connectivity index (χ4n) is 1.22. The zero-order valence-corrected chi connectivity index (χ0v) is 8.71. The average Bonchev–Trinajstić information content (AvgIpc) is 2.81. The fraction of sp³-hybridized carbons (Fsp3) is 0. The van der Waals surface area contributed by atoms with Crippen molar-refractivity contribution in [3.8, 4) is 0 Å². The smallest absolute Gasteiger partial charge is 0.345 e. The molecule has 0 aliphatic carbocycles. The van der Waals surface area contributed by atoms with Crippen LogP contribution >= 0.6 is 0 Å². The maximum atomic E-state index is 10.7. The minimum absolute atomic E-state index is 0.199. The summed E-state index contributed by atoms with van der Waals surface area (Å²) < 4.78 is 4.28. The van der Waals surface area contributed by atoms with Gasteiger partial charge in [0.25, 0.3) is 5.56 Å². The van der Waals surface area contributed by atoms with Gasteiger partial charge in [-0.1, -0.05) is 18.2 Å². The molecule has 3 rings (SSSR count). The lowest BCUT2D eigenvalue weighted by Gasteiger charge is -1.92. The van der Waals surface area contributed by atoms with Gasteiger partial charge in [0.15, 0.2) is 0 Å². The Kier molecular flexibility index (Phi) is 3.15. The molecule has 0 fully saturated rings. The summed E-state index contributed by atoms with van der Waals surface area (Å²) in [5, 5.41) is 3.02. The molecule has 0 unspecified atom stereocenters. The molecule has 0 aliphatic heterocycles. The van der Waals surface area contributed by atoms with E-state index in [1.807, 2.05) is 24.3 Å². The number of para-hydroxylation sites is 1. The van der Waals surface area contributed by atoms with Gasteiger partial charge >= 0.3 is 5.69 Å². The largest absolute Gasteiger partial charge is 0.387 e. The summed E-state index contributed by atoms with van der Waals surface area (Å²) in [7, 11) is 0. The molecule has 2 N–H and O–H groups in total. The first-order valence-corrected chi connectivity index (χ1v) is 4.82. The van der Waals surface area contributed by atoms with Gasteiger partial charge in [0.1, 0.15) is 6.26 Å². The molecule has 0 amide bonds. The highest BCUT2D eigenvalue weighted by atomic mass is 16.5. The van der Waals surface area contributed by atoms with E-state index in [1.165, 1.54) is 12.3 Å². The van der Waals surface area contributed by atoms with Crippen molar-refractivity contribution in [2.75, 3.05) is 0 Å². The lowest BCUT2D eigenvalue weighted by molar-refractivity contribution is 0.413. The van der Waals surface area contributed by atoms with Crippen LogP contribution in [0.1, 0.15) is 0 Å². The summed E-state index contributed by atoms with van der Waals surface area (Å²) in [6.45, 7) is 0. The molecule has 0 radical (unpaired) electrons. The van der Waals surface area contributed by atoms with Crippen LogP contribution in [-0.2, 0) is 0 Å². The summed E-state index contributed by atoms with van der Waals surface area (Å²) in [4.78, 5) is 26.9. The van der Waals surface area contributed by atoms with Crippen LogP contribution in [-0.4, -0.2) is 15.1 Å². The Morgan fingerprint density at radius 1 is 1.12 bits per heavy atom. The summed E-state index contributed by atoms with van der Waals surface area (Å²) in [5.41, 5.74) is 0.325. The molecule has 0 atom stereocenters. The highest BCUT2D eigenvalue weighted by Crippen LogP contribution is 2.05. The van der Waals surface area contributed by atoms with Crippen molar-refractivity contribution in [2.24, 2.45) is 0 Å². The topological polar surface area (TPSA) is 91.8 Å². The van der Waals surface area contributed by atoms with Gasteiger partial charge in [-0.05, 0) is 6.07 Å². The molecule has 6 heteroatoms. The van der Waals surface area contributed by atoms with E-state index in [1.54, 1.807) is 6.20 Å². The summed E-state index contributed by atoms with van der Waals surface area (Å²) in [6.07, 6.45) is 2.86. The van der Waals surface area contributed by atoms with Gasteiger partial charge < -0.3 is 9.51 Å². The van der Waals surface area contributed by atoms with E-state index in [9.17, 15) is 9.59 Å². The van der Waals surface area contributed by atoms with Crippen LogP contribution in [0.15, 0.2) is 56.9 Å². The van der Waals surface area contributed by atoms with Crippen LogP contribution < -0.4 is 11.2 Å². The molecule has 0 saturated carbocycles. The highest BCUT2D eigenvalue weighted by molar-refractivity contribution is 5.76. The van der Waals surface area contributed by atoms with Crippen molar-refractivity contribution in [3.05, 3.63) is 63.6 Å². The molecule has 3 aromatic rings. The molecule has 2 heterocycles. The average molecular weight is 231 g/mol. The van der Waals surface area contributed by atoms with Gasteiger partial charge in [0.05, 0.1) is 5.52 Å². The number of benzene rings is 1. The number of fused-ring (bicyclic) bond motifs is 1. The SMILES string of the molecule is O=c1cco[nH]1.O=c1ncc2ccccc2[nH]1. The van der Waals surface area contributed by atoms with Crippen molar-refractivity contribution in [2.45, 2.75) is 0 Å². The number of nitrogens with zero attached hydrogens (tertiary/aromatic N) is 1. The number of rotatable bonds is 0. The predicted octanol–water partition coefficient (Wildman–Crippen LogP) is 0.891. The second-order valence-electron chi connectivity index (χ2n) is 3.16. The Morgan fingerprint density at radius 2 is 1.94 bits per heavy atom. The Balaban J connectivity index is 0.000000153. The highest BCUT2D eigenvalue weighted by Gasteiger charge is 1.90. The molecule has 0 bridgehead atoms. The standard InChI is InChI=1S/C8H6N2O.C3H3NO2/c11-8-9-5-6-3-1-2-4-7(6)10-8;5-3-1-2-6-4-3/h1-5H,(H,9,10,11);1-2H,(H,4,5). The first-order valence-electron chi connectivity index (χ1n) is 4.82. The van der Waals surface area contributed by atoms with Crippen LogP contribution in [0.25, 0.3) is 10.9 Å². The maximum absolute atomic E-state index is 10.7. The summed E-state index contributed by atoms with van der Waals surface area (Å²) in [6, 6.07) is 8.83. The van der Waals surface area contributed by atoms with Gasteiger partial charge in [-0.2, -0.15) is 5.16 Å². The molecule has 0 spiro atoms. The minimum atomic E-state index is -0.302. The second kappa shape index (κ2) is 4.93. The van der Waals surface area contributed by atoms with Gasteiger partial charge in [-0.25, -0.2) is 9.78 Å². The lowest BCUT2D eigenvalue weighted by atomic mass is 10.2. The first kappa shape index (κ1) is 10.9. The van der Waals surface area contributed by atoms with Gasteiger partial charge in [0, 0.05) is 17.6 Å². The molecular formula is C11H9N3O3. The molecule has 6 nitrogen and oxygen atoms in total. The Labute approximate surface area is 94.9 Å². The summed E-state index contributed by atoms with van der Waals surface area (Å²) >= 11 is 0. The van der Waals surface area contributed by atoms with E-state index >= 15 is 0 Å². The van der Waals surface area contributed by atoms with Crippen LogP contribution in [0, 0.1) is 0 Å². The number of nitrogens with one attached hydrogen (secondary N) is 2. The molecule has 17 heavy (non-hydrogen) atoms. The van der Waals surface area contributed by atoms with E-state index in [0.717, 1.165) is 10.9 Å². The van der Waals surface area contributed by atoms with Crippen molar-refractivity contribution in [3.63, 3.8) is 0 Å². The lowest BCUT2D eigenvalue weighted by Crippen LogP contribution is -2.07. The van der Waals surface area contributed by atoms with Gasteiger partial charge in [-0.15, -0.1) is 0 Å². The quantitative estimate of drug-likeness (QED) is 0.601. The van der Waals surface area contributed by atoms with Gasteiger partial charge in [-0.3, -0.25) is 4.79 Å². The number of hydrogen-bond donors (Lipinski definition) is 2. The van der Waals surface area contributed by atoms with Crippen LogP contribution in [0.4, 0.5) is 0 Å². The first-order chi connectivity index (χ1) is 8.25. The Hall–Kier alpha value is -2.63. The zero-order chi connectivity index (χ0) is 12.1. The van der Waals surface area contributed by atoms with E-state index in [0.29, 0.717) is 0 Å². The van der Waals surface area contributed by atoms with Crippen molar-refractivity contribution in [1.82, 2.24) is 15.1 Å². The normalized spacial score (nSPS) is 9.65. The number of H-pyrrole nitrogens is 2. The molecule has 0 saturated heterocycles. The Morgan fingerprint density at radius 3 is 2.59 bits per heavy atom. The van der Waals surface area contributed by atoms with Crippen molar-refractivity contribution in [1.29, 1.82) is 0 Å². The predicted molar refractivity (Wildman–Crippen MR) is 61.7 cm³/mol.